The third-order valence-electron chi connectivity index (χ3n) is 18.2. The summed E-state index contributed by atoms with van der Waals surface area (Å²) in [6.45, 7) is 4.94. The summed E-state index contributed by atoms with van der Waals surface area (Å²) in [5, 5.41) is 23.2. The van der Waals surface area contributed by atoms with Crippen molar-refractivity contribution in [3.05, 3.63) is 36.5 Å². The molecule has 0 saturated heterocycles. The molecule has 0 aliphatic carbocycles. The maximum atomic E-state index is 12.5. The number of carbonyl (C=O) groups excluding carboxylic acids is 2. The summed E-state index contributed by atoms with van der Waals surface area (Å²) in [6.07, 6.45) is 97.0. The summed E-state index contributed by atoms with van der Waals surface area (Å²) < 4.78 is 5.49. The van der Waals surface area contributed by atoms with Gasteiger partial charge in [0.2, 0.25) is 5.91 Å². The summed E-state index contributed by atoms with van der Waals surface area (Å²) >= 11 is 0. The van der Waals surface area contributed by atoms with Crippen molar-refractivity contribution < 1.29 is 24.5 Å². The molecular formula is C79H151NO5. The summed E-state index contributed by atoms with van der Waals surface area (Å²) in [5.74, 6) is -0.0402. The van der Waals surface area contributed by atoms with Gasteiger partial charge in [0.05, 0.1) is 25.4 Å². The molecule has 85 heavy (non-hydrogen) atoms. The largest absolute Gasteiger partial charge is 0.466 e. The van der Waals surface area contributed by atoms with Crippen molar-refractivity contribution in [2.75, 3.05) is 13.2 Å². The number of unbranched alkanes of at least 4 members (excludes halogenated alkanes) is 58. The van der Waals surface area contributed by atoms with Crippen molar-refractivity contribution in [2.45, 2.75) is 443 Å². The Morgan fingerprint density at radius 3 is 0.894 bits per heavy atom. The molecule has 0 aromatic carbocycles. The lowest BCUT2D eigenvalue weighted by atomic mass is 10.0. The molecule has 0 rings (SSSR count). The van der Waals surface area contributed by atoms with Crippen LogP contribution in [0.4, 0.5) is 0 Å². The number of nitrogens with one attached hydrogen (secondary N) is 1. The third-order valence-corrected chi connectivity index (χ3v) is 18.2. The van der Waals surface area contributed by atoms with Crippen LogP contribution in [0.2, 0.25) is 0 Å². The lowest BCUT2D eigenvalue weighted by Crippen LogP contribution is -2.45. The predicted molar refractivity (Wildman–Crippen MR) is 375 cm³/mol. The molecule has 0 aromatic heterocycles. The molecule has 0 aromatic rings. The highest BCUT2D eigenvalue weighted by atomic mass is 16.5. The fraction of sp³-hybridized carbons (Fsp3) is 0.899. The molecule has 2 atom stereocenters. The van der Waals surface area contributed by atoms with E-state index in [9.17, 15) is 19.8 Å². The molecule has 502 valence electrons. The Morgan fingerprint density at radius 2 is 0.588 bits per heavy atom. The predicted octanol–water partition coefficient (Wildman–Crippen LogP) is 25.4. The maximum absolute atomic E-state index is 12.5. The second-order valence-electron chi connectivity index (χ2n) is 26.7. The van der Waals surface area contributed by atoms with Gasteiger partial charge in [0.15, 0.2) is 0 Å². The van der Waals surface area contributed by atoms with Crippen molar-refractivity contribution in [1.82, 2.24) is 5.32 Å². The zero-order chi connectivity index (χ0) is 61.3. The molecule has 0 bridgehead atoms. The quantitative estimate of drug-likeness (QED) is 0.0320. The topological polar surface area (TPSA) is 95.9 Å². The molecule has 0 fully saturated rings. The van der Waals surface area contributed by atoms with Gasteiger partial charge in [0, 0.05) is 12.8 Å². The fourth-order valence-corrected chi connectivity index (χ4v) is 12.3. The van der Waals surface area contributed by atoms with Crippen LogP contribution >= 0.6 is 0 Å². The van der Waals surface area contributed by atoms with Gasteiger partial charge >= 0.3 is 5.97 Å². The van der Waals surface area contributed by atoms with E-state index in [2.05, 4.69) is 43.5 Å². The Morgan fingerprint density at radius 1 is 0.329 bits per heavy atom. The van der Waals surface area contributed by atoms with Gasteiger partial charge in [-0.15, -0.1) is 0 Å². The Labute approximate surface area is 532 Å². The summed E-state index contributed by atoms with van der Waals surface area (Å²) in [6, 6.07) is -0.626. The van der Waals surface area contributed by atoms with Crippen LogP contribution in [0.1, 0.15) is 431 Å². The van der Waals surface area contributed by atoms with Crippen molar-refractivity contribution in [2.24, 2.45) is 0 Å². The third kappa shape index (κ3) is 71.0. The lowest BCUT2D eigenvalue weighted by Gasteiger charge is -2.20. The number of aliphatic hydroxyl groups excluding tert-OH is 2. The molecule has 0 saturated carbocycles. The van der Waals surface area contributed by atoms with Crippen LogP contribution in [0, 0.1) is 0 Å². The normalized spacial score (nSPS) is 12.7. The minimum Gasteiger partial charge on any atom is -0.466 e. The zero-order valence-corrected chi connectivity index (χ0v) is 57.6. The van der Waals surface area contributed by atoms with Crippen molar-refractivity contribution in [3.63, 3.8) is 0 Å². The SMILES string of the molecule is CCCCCCCCCCCCCCCCC/C=C/C(O)C(CO)NC(=O)CCCCCCCCCCCCCCCCCCC/C=C\C/C=C\CCCCCCCCCCCCCCCCCOC(=O)CCCCCCCCCCCCCC. The molecule has 1 amide bonds. The second-order valence-corrected chi connectivity index (χ2v) is 26.7. The van der Waals surface area contributed by atoms with Crippen LogP contribution in [-0.2, 0) is 14.3 Å². The Balaban J connectivity index is 3.37. The van der Waals surface area contributed by atoms with E-state index in [0.717, 1.165) is 44.9 Å². The van der Waals surface area contributed by atoms with Crippen LogP contribution in [0.3, 0.4) is 0 Å². The number of allylic oxidation sites excluding steroid dienone is 5. The average molecular weight is 1200 g/mol. The maximum Gasteiger partial charge on any atom is 0.305 e. The van der Waals surface area contributed by atoms with Crippen LogP contribution in [0.25, 0.3) is 0 Å². The second kappa shape index (κ2) is 74.5. The number of amides is 1. The van der Waals surface area contributed by atoms with E-state index in [0.29, 0.717) is 19.4 Å². The Hall–Kier alpha value is -1.92. The number of esters is 1. The van der Waals surface area contributed by atoms with E-state index in [1.807, 2.05) is 6.08 Å². The first-order valence-electron chi connectivity index (χ1n) is 38.8. The lowest BCUT2D eigenvalue weighted by molar-refractivity contribution is -0.143. The summed E-state index contributed by atoms with van der Waals surface area (Å²) in [5.41, 5.74) is 0. The van der Waals surface area contributed by atoms with Gasteiger partial charge in [-0.2, -0.15) is 0 Å². The average Bonchev–Trinajstić information content (AvgIpc) is 3.53. The van der Waals surface area contributed by atoms with Crippen LogP contribution < -0.4 is 5.32 Å². The Bertz CT molecular complexity index is 1380. The van der Waals surface area contributed by atoms with Gasteiger partial charge in [-0.25, -0.2) is 0 Å². The zero-order valence-electron chi connectivity index (χ0n) is 57.6. The fourth-order valence-electron chi connectivity index (χ4n) is 12.3. The molecule has 0 aliphatic rings. The van der Waals surface area contributed by atoms with E-state index >= 15 is 0 Å². The molecule has 2 unspecified atom stereocenters. The van der Waals surface area contributed by atoms with Crippen molar-refractivity contribution in [1.29, 1.82) is 0 Å². The van der Waals surface area contributed by atoms with Gasteiger partial charge in [0.25, 0.3) is 0 Å². The molecule has 6 nitrogen and oxygen atoms in total. The summed E-state index contributed by atoms with van der Waals surface area (Å²) in [4.78, 5) is 24.5. The van der Waals surface area contributed by atoms with Gasteiger partial charge in [-0.1, -0.05) is 391 Å². The molecule has 0 radical (unpaired) electrons. The van der Waals surface area contributed by atoms with E-state index in [1.165, 1.54) is 360 Å². The van der Waals surface area contributed by atoms with Crippen molar-refractivity contribution >= 4 is 11.9 Å². The van der Waals surface area contributed by atoms with Gasteiger partial charge in [0.1, 0.15) is 0 Å². The highest BCUT2D eigenvalue weighted by molar-refractivity contribution is 5.76. The molecule has 6 heteroatoms. The van der Waals surface area contributed by atoms with Crippen molar-refractivity contribution in [3.8, 4) is 0 Å². The molecular weight excluding hydrogens is 1040 g/mol. The van der Waals surface area contributed by atoms with E-state index in [4.69, 9.17) is 4.74 Å². The highest BCUT2D eigenvalue weighted by Crippen LogP contribution is 2.19. The monoisotopic (exact) mass is 1190 g/mol. The van der Waals surface area contributed by atoms with Gasteiger partial charge < -0.3 is 20.3 Å². The minimum absolute atomic E-state index is 0.0214. The molecule has 3 N–H and O–H groups in total. The highest BCUT2D eigenvalue weighted by Gasteiger charge is 2.18. The Kier molecular flexibility index (Phi) is 72.9. The van der Waals surface area contributed by atoms with Gasteiger partial charge in [-0.3, -0.25) is 9.59 Å². The summed E-state index contributed by atoms with van der Waals surface area (Å²) in [7, 11) is 0. The van der Waals surface area contributed by atoms with E-state index in [1.54, 1.807) is 6.08 Å². The van der Waals surface area contributed by atoms with E-state index < -0.39 is 12.1 Å². The number of rotatable bonds is 73. The number of hydrogen-bond donors (Lipinski definition) is 3. The first kappa shape index (κ1) is 83.1. The number of aliphatic hydroxyl groups is 2. The van der Waals surface area contributed by atoms with E-state index in [-0.39, 0.29) is 18.5 Å². The van der Waals surface area contributed by atoms with Crippen LogP contribution in [-0.4, -0.2) is 47.4 Å². The van der Waals surface area contributed by atoms with Gasteiger partial charge in [-0.05, 0) is 64.2 Å². The molecule has 0 spiro atoms. The molecule has 0 heterocycles. The standard InChI is InChI=1S/C79H151NO5/c1-3-5-7-9-11-13-15-17-18-42-45-48-51-55-59-63-67-71-77(82)76(75-81)80-78(83)72-68-64-60-56-52-49-46-43-40-38-36-34-32-30-28-26-24-22-20-19-21-23-25-27-29-31-33-35-37-39-41-44-47-50-54-58-62-66-70-74-85-79(84)73-69-65-61-57-53-16-14-12-10-8-6-4-2/h19-20,23,25,67,71,76-77,81-82H,3-18,21-22,24,26-66,68-70,72-75H2,1-2H3,(H,80,83)/b20-19-,25-23-,71-67+. The number of hydrogen-bond acceptors (Lipinski definition) is 5. The number of carbonyl (C=O) groups is 2. The number of ether oxygens (including phenoxy) is 1. The first-order chi connectivity index (χ1) is 42.0. The molecule has 0 aliphatic heterocycles. The minimum atomic E-state index is -0.843. The smallest absolute Gasteiger partial charge is 0.305 e. The first-order valence-corrected chi connectivity index (χ1v) is 38.8. The van der Waals surface area contributed by atoms with Crippen LogP contribution in [0.15, 0.2) is 36.5 Å². The van der Waals surface area contributed by atoms with Crippen LogP contribution in [0.5, 0.6) is 0 Å².